The molecule has 0 bridgehead atoms. The van der Waals surface area contributed by atoms with Gasteiger partial charge in [0.2, 0.25) is 5.95 Å². The second-order valence-electron chi connectivity index (χ2n) is 5.98. The zero-order valence-corrected chi connectivity index (χ0v) is 16.1. The van der Waals surface area contributed by atoms with Gasteiger partial charge in [0.15, 0.2) is 0 Å². The van der Waals surface area contributed by atoms with E-state index < -0.39 is 0 Å². The van der Waals surface area contributed by atoms with Gasteiger partial charge in [-0.25, -0.2) is 4.98 Å². The molecule has 0 saturated heterocycles. The van der Waals surface area contributed by atoms with Crippen molar-refractivity contribution < 1.29 is 0 Å². The summed E-state index contributed by atoms with van der Waals surface area (Å²) in [6.45, 7) is 4.28. The maximum atomic E-state index is 6.31. The van der Waals surface area contributed by atoms with E-state index in [1.807, 2.05) is 24.3 Å². The Bertz CT molecular complexity index is 703. The van der Waals surface area contributed by atoms with E-state index in [-0.39, 0.29) is 0 Å². The van der Waals surface area contributed by atoms with Crippen LogP contribution in [0.2, 0.25) is 5.02 Å². The predicted octanol–water partition coefficient (Wildman–Crippen LogP) is 5.57. The van der Waals surface area contributed by atoms with Crippen LogP contribution in [0.4, 0.5) is 17.5 Å². The minimum atomic E-state index is 0.346. The van der Waals surface area contributed by atoms with E-state index in [2.05, 4.69) is 57.0 Å². The topological polar surface area (TPSA) is 49.8 Å². The van der Waals surface area contributed by atoms with Crippen LogP contribution in [0, 0.1) is 3.57 Å². The Morgan fingerprint density at radius 1 is 1.30 bits per heavy atom. The Morgan fingerprint density at radius 2 is 2.09 bits per heavy atom. The minimum Gasteiger partial charge on any atom is -0.352 e. The van der Waals surface area contributed by atoms with Gasteiger partial charge in [0, 0.05) is 21.6 Å². The number of nitrogens with zero attached hydrogens (tertiary/aromatic N) is 2. The number of rotatable bonds is 6. The molecule has 0 radical (unpaired) electrons. The molecule has 1 fully saturated rings. The van der Waals surface area contributed by atoms with Crippen LogP contribution < -0.4 is 10.6 Å². The molecule has 1 atom stereocenters. The van der Waals surface area contributed by atoms with E-state index in [4.69, 9.17) is 11.6 Å². The average Bonchev–Trinajstić information content (AvgIpc) is 3.34. The summed E-state index contributed by atoms with van der Waals surface area (Å²) in [5, 5.41) is 7.39. The first-order chi connectivity index (χ1) is 11.0. The molecule has 1 aliphatic rings. The maximum absolute atomic E-state index is 6.31. The van der Waals surface area contributed by atoms with Gasteiger partial charge in [-0.3, -0.25) is 0 Å². The van der Waals surface area contributed by atoms with Gasteiger partial charge in [-0.2, -0.15) is 4.98 Å². The first-order valence-electron chi connectivity index (χ1n) is 7.92. The summed E-state index contributed by atoms with van der Waals surface area (Å²) in [6.07, 6.45) is 3.45. The third-order valence-corrected chi connectivity index (χ3v) is 4.91. The predicted molar refractivity (Wildman–Crippen MR) is 105 cm³/mol. The molecule has 0 unspecified atom stereocenters. The molecule has 0 amide bonds. The highest BCUT2D eigenvalue weighted by atomic mass is 127. The van der Waals surface area contributed by atoms with Gasteiger partial charge in [0.05, 0.1) is 16.4 Å². The van der Waals surface area contributed by atoms with Crippen molar-refractivity contribution in [1.29, 1.82) is 0 Å². The van der Waals surface area contributed by atoms with Gasteiger partial charge in [-0.15, -0.1) is 0 Å². The van der Waals surface area contributed by atoms with Crippen LogP contribution >= 0.6 is 34.2 Å². The lowest BCUT2D eigenvalue weighted by Gasteiger charge is -2.15. The number of anilines is 3. The Hall–Kier alpha value is -1.08. The van der Waals surface area contributed by atoms with Crippen molar-refractivity contribution in [2.24, 2.45) is 0 Å². The molecule has 0 spiro atoms. The first kappa shape index (κ1) is 16.8. The smallest absolute Gasteiger partial charge is 0.225 e. The number of hydrogen-bond acceptors (Lipinski definition) is 4. The molecular weight excluding hydrogens is 423 g/mol. The molecule has 4 nitrogen and oxygen atoms in total. The fourth-order valence-electron chi connectivity index (χ4n) is 2.23. The van der Waals surface area contributed by atoms with E-state index in [9.17, 15) is 0 Å². The van der Waals surface area contributed by atoms with Crippen LogP contribution in [0.3, 0.4) is 0 Å². The van der Waals surface area contributed by atoms with Crippen LogP contribution in [0.5, 0.6) is 0 Å². The van der Waals surface area contributed by atoms with Crippen molar-refractivity contribution in [3.8, 4) is 0 Å². The van der Waals surface area contributed by atoms with Gasteiger partial charge in [0.1, 0.15) is 5.82 Å². The second kappa shape index (κ2) is 7.21. The Balaban J connectivity index is 1.87. The molecule has 3 rings (SSSR count). The third kappa shape index (κ3) is 4.47. The molecule has 1 aromatic heterocycles. The molecule has 1 heterocycles. The molecule has 6 heteroatoms. The van der Waals surface area contributed by atoms with E-state index in [1.165, 1.54) is 12.8 Å². The summed E-state index contributed by atoms with van der Waals surface area (Å²) >= 11 is 8.56. The third-order valence-electron chi connectivity index (χ3n) is 3.92. The lowest BCUT2D eigenvalue weighted by atomic mass is 10.2. The van der Waals surface area contributed by atoms with Gasteiger partial charge < -0.3 is 10.6 Å². The maximum Gasteiger partial charge on any atom is 0.225 e. The van der Waals surface area contributed by atoms with Crippen molar-refractivity contribution in [2.75, 3.05) is 10.6 Å². The quantitative estimate of drug-likeness (QED) is 0.575. The molecule has 1 saturated carbocycles. The molecule has 2 aromatic rings. The summed E-state index contributed by atoms with van der Waals surface area (Å²) in [6, 6.07) is 8.32. The van der Waals surface area contributed by atoms with E-state index in [1.54, 1.807) is 0 Å². The van der Waals surface area contributed by atoms with Crippen molar-refractivity contribution in [1.82, 2.24) is 9.97 Å². The summed E-state index contributed by atoms with van der Waals surface area (Å²) in [7, 11) is 0. The van der Waals surface area contributed by atoms with Gasteiger partial charge >= 0.3 is 0 Å². The minimum absolute atomic E-state index is 0.346. The molecule has 122 valence electrons. The van der Waals surface area contributed by atoms with Gasteiger partial charge in [0.25, 0.3) is 0 Å². The summed E-state index contributed by atoms with van der Waals surface area (Å²) in [5.74, 6) is 2.05. The Morgan fingerprint density at radius 3 is 2.74 bits per heavy atom. The lowest BCUT2D eigenvalue weighted by Crippen LogP contribution is -2.16. The monoisotopic (exact) mass is 442 g/mol. The summed E-state index contributed by atoms with van der Waals surface area (Å²) in [4.78, 5) is 9.26. The molecule has 2 N–H and O–H groups in total. The summed E-state index contributed by atoms with van der Waals surface area (Å²) in [5.41, 5.74) is 1.97. The highest BCUT2D eigenvalue weighted by molar-refractivity contribution is 14.1. The first-order valence-corrected chi connectivity index (χ1v) is 9.38. The van der Waals surface area contributed by atoms with E-state index >= 15 is 0 Å². The Labute approximate surface area is 155 Å². The van der Waals surface area contributed by atoms with E-state index in [0.29, 0.717) is 22.9 Å². The van der Waals surface area contributed by atoms with Crippen LogP contribution in [0.15, 0.2) is 24.3 Å². The van der Waals surface area contributed by atoms with E-state index in [0.717, 1.165) is 27.2 Å². The normalized spacial score (nSPS) is 15.3. The van der Waals surface area contributed by atoms with Crippen LogP contribution in [-0.4, -0.2) is 16.0 Å². The van der Waals surface area contributed by atoms with Crippen LogP contribution in [-0.2, 0) is 0 Å². The number of halogens is 2. The zero-order chi connectivity index (χ0) is 16.4. The molecule has 0 aliphatic heterocycles. The number of aromatic nitrogens is 2. The van der Waals surface area contributed by atoms with Crippen LogP contribution in [0.25, 0.3) is 0 Å². The fourth-order valence-corrected chi connectivity index (χ4v) is 3.14. The largest absolute Gasteiger partial charge is 0.352 e. The fraction of sp³-hybridized carbons (Fsp3) is 0.412. The average molecular weight is 443 g/mol. The van der Waals surface area contributed by atoms with Gasteiger partial charge in [-0.05, 0) is 67.0 Å². The Kier molecular flexibility index (Phi) is 5.26. The molecule has 1 aliphatic carbocycles. The standard InChI is InChI=1S/C17H20ClIN4/c1-3-10(2)20-17-22-15(11-4-5-11)9-16(23-17)21-14-7-6-12(19)8-13(14)18/h6-11H,3-5H2,1-2H3,(H2,20,21,22,23)/t10-/m0/s1. The van der Waals surface area contributed by atoms with Crippen molar-refractivity contribution >= 4 is 51.6 Å². The SMILES string of the molecule is CC[C@H](C)Nc1nc(Nc2ccc(I)cc2Cl)cc(C2CC2)n1. The number of hydrogen-bond donors (Lipinski definition) is 2. The highest BCUT2D eigenvalue weighted by Gasteiger charge is 2.26. The molecule has 1 aromatic carbocycles. The number of nitrogens with one attached hydrogen (secondary N) is 2. The van der Waals surface area contributed by atoms with Crippen molar-refractivity contribution in [3.63, 3.8) is 0 Å². The van der Waals surface area contributed by atoms with Gasteiger partial charge in [-0.1, -0.05) is 18.5 Å². The molecular formula is C17H20ClIN4. The highest BCUT2D eigenvalue weighted by Crippen LogP contribution is 2.40. The van der Waals surface area contributed by atoms with Crippen LogP contribution in [0.1, 0.15) is 44.7 Å². The molecule has 23 heavy (non-hydrogen) atoms. The second-order valence-corrected chi connectivity index (χ2v) is 7.63. The van der Waals surface area contributed by atoms with Crippen molar-refractivity contribution in [3.05, 3.63) is 38.6 Å². The zero-order valence-electron chi connectivity index (χ0n) is 13.2. The summed E-state index contributed by atoms with van der Waals surface area (Å²) < 4.78 is 1.11. The number of benzene rings is 1. The lowest BCUT2D eigenvalue weighted by molar-refractivity contribution is 0.750. The van der Waals surface area contributed by atoms with Crippen molar-refractivity contribution in [2.45, 2.75) is 45.1 Å².